The van der Waals surface area contributed by atoms with Gasteiger partial charge in [0.1, 0.15) is 5.82 Å². The van der Waals surface area contributed by atoms with E-state index in [1.165, 1.54) is 35.1 Å². The molecule has 21 heavy (non-hydrogen) atoms. The molecule has 0 radical (unpaired) electrons. The van der Waals surface area contributed by atoms with Crippen molar-refractivity contribution in [1.82, 2.24) is 9.78 Å². The largest absolute Gasteiger partial charge is 0.476 e. The van der Waals surface area contributed by atoms with Crippen molar-refractivity contribution in [3.63, 3.8) is 0 Å². The van der Waals surface area contributed by atoms with Crippen LogP contribution in [0.3, 0.4) is 0 Å². The molecular weight excluding hydrogens is 275 g/mol. The van der Waals surface area contributed by atoms with Crippen molar-refractivity contribution in [3.8, 4) is 11.1 Å². The van der Waals surface area contributed by atoms with Gasteiger partial charge in [-0.25, -0.2) is 9.18 Å². The molecule has 5 nitrogen and oxygen atoms in total. The summed E-state index contributed by atoms with van der Waals surface area (Å²) in [6.45, 7) is 4.39. The van der Waals surface area contributed by atoms with Gasteiger partial charge in [0.05, 0.1) is 0 Å². The van der Waals surface area contributed by atoms with Crippen molar-refractivity contribution in [2.45, 2.75) is 20.4 Å². The maximum Gasteiger partial charge on any atom is 0.360 e. The van der Waals surface area contributed by atoms with Crippen LogP contribution in [0.4, 0.5) is 4.39 Å². The molecule has 2 rings (SSSR count). The Morgan fingerprint density at radius 3 is 2.48 bits per heavy atom. The molecule has 0 bridgehead atoms. The van der Waals surface area contributed by atoms with Gasteiger partial charge in [0, 0.05) is 18.3 Å². The third-order valence-corrected chi connectivity index (χ3v) is 2.88. The number of halogens is 1. The highest BCUT2D eigenvalue weighted by molar-refractivity contribution is 5.86. The van der Waals surface area contributed by atoms with Gasteiger partial charge in [-0.1, -0.05) is 26.0 Å². The molecule has 110 valence electrons. The van der Waals surface area contributed by atoms with E-state index in [2.05, 4.69) is 5.10 Å². The molecule has 0 saturated heterocycles. The van der Waals surface area contributed by atoms with E-state index in [-0.39, 0.29) is 11.5 Å². The summed E-state index contributed by atoms with van der Waals surface area (Å²) >= 11 is 0. The molecule has 1 aromatic heterocycles. The van der Waals surface area contributed by atoms with Crippen LogP contribution in [0.15, 0.2) is 35.3 Å². The lowest BCUT2D eigenvalue weighted by Gasteiger charge is -2.11. The van der Waals surface area contributed by atoms with Crippen molar-refractivity contribution in [1.29, 1.82) is 0 Å². The van der Waals surface area contributed by atoms with Gasteiger partial charge in [-0.2, -0.15) is 5.10 Å². The minimum Gasteiger partial charge on any atom is -0.476 e. The Balaban J connectivity index is 2.63. The second kappa shape index (κ2) is 5.87. The number of benzene rings is 1. The maximum absolute atomic E-state index is 13.0. The lowest BCUT2D eigenvalue weighted by Crippen LogP contribution is -2.24. The average molecular weight is 290 g/mol. The number of nitrogens with zero attached hydrogens (tertiary/aromatic N) is 2. The Morgan fingerprint density at radius 1 is 1.33 bits per heavy atom. The summed E-state index contributed by atoms with van der Waals surface area (Å²) in [6, 6.07) is 5.33. The van der Waals surface area contributed by atoms with E-state index in [4.69, 9.17) is 5.11 Å². The Labute approximate surface area is 120 Å². The smallest absolute Gasteiger partial charge is 0.360 e. The molecule has 0 aliphatic heterocycles. The number of hydrogen-bond acceptors (Lipinski definition) is 3. The van der Waals surface area contributed by atoms with Gasteiger partial charge in [-0.05, 0) is 23.6 Å². The average Bonchev–Trinajstić information content (AvgIpc) is 2.40. The zero-order valence-electron chi connectivity index (χ0n) is 11.7. The highest BCUT2D eigenvalue weighted by Gasteiger charge is 2.17. The molecule has 0 atom stereocenters. The SMILES string of the molecule is CC(C)Cn1cc(-c2ccc(F)cc2)c(=O)c(C(=O)O)n1. The van der Waals surface area contributed by atoms with E-state index in [0.29, 0.717) is 12.1 Å². The fourth-order valence-electron chi connectivity index (χ4n) is 1.98. The summed E-state index contributed by atoms with van der Waals surface area (Å²) < 4.78 is 14.4. The number of aromatic nitrogens is 2. The monoisotopic (exact) mass is 290 g/mol. The second-order valence-corrected chi connectivity index (χ2v) is 5.15. The first-order valence-corrected chi connectivity index (χ1v) is 6.49. The first-order chi connectivity index (χ1) is 9.88. The maximum atomic E-state index is 13.0. The number of rotatable bonds is 4. The molecule has 1 aromatic carbocycles. The fourth-order valence-corrected chi connectivity index (χ4v) is 1.98. The van der Waals surface area contributed by atoms with Crippen molar-refractivity contribution in [3.05, 3.63) is 52.2 Å². The topological polar surface area (TPSA) is 72.2 Å². The van der Waals surface area contributed by atoms with Crippen LogP contribution >= 0.6 is 0 Å². The molecular formula is C15H15FN2O3. The molecule has 0 aliphatic carbocycles. The second-order valence-electron chi connectivity index (χ2n) is 5.15. The molecule has 1 heterocycles. The Morgan fingerprint density at radius 2 is 1.95 bits per heavy atom. The summed E-state index contributed by atoms with van der Waals surface area (Å²) in [5, 5.41) is 13.0. The van der Waals surface area contributed by atoms with Gasteiger partial charge in [-0.3, -0.25) is 9.48 Å². The van der Waals surface area contributed by atoms with Gasteiger partial charge in [0.2, 0.25) is 11.1 Å². The predicted octanol–water partition coefficient (Wildman–Crippen LogP) is 2.40. The van der Waals surface area contributed by atoms with E-state index in [1.807, 2.05) is 13.8 Å². The summed E-state index contributed by atoms with van der Waals surface area (Å²) in [5.74, 6) is -1.56. The van der Waals surface area contributed by atoms with Crippen molar-refractivity contribution >= 4 is 5.97 Å². The molecule has 0 aliphatic rings. The first-order valence-electron chi connectivity index (χ1n) is 6.49. The molecule has 6 heteroatoms. The Bertz CT molecular complexity index is 721. The van der Waals surface area contributed by atoms with Crippen LogP contribution < -0.4 is 5.43 Å². The summed E-state index contributed by atoms with van der Waals surface area (Å²) in [7, 11) is 0. The van der Waals surface area contributed by atoms with Crippen LogP contribution in [0.5, 0.6) is 0 Å². The Kier molecular flexibility index (Phi) is 4.16. The molecule has 0 saturated carbocycles. The van der Waals surface area contributed by atoms with Gasteiger partial charge in [0.15, 0.2) is 0 Å². The fraction of sp³-hybridized carbons (Fsp3) is 0.267. The third kappa shape index (κ3) is 3.34. The van der Waals surface area contributed by atoms with Crippen LogP contribution in [0.1, 0.15) is 24.3 Å². The van der Waals surface area contributed by atoms with E-state index >= 15 is 0 Å². The lowest BCUT2D eigenvalue weighted by molar-refractivity contribution is 0.0685. The van der Waals surface area contributed by atoms with Gasteiger partial charge >= 0.3 is 5.97 Å². The summed E-state index contributed by atoms with van der Waals surface area (Å²) in [5.41, 5.74) is -0.543. The van der Waals surface area contributed by atoms with E-state index in [1.54, 1.807) is 0 Å². The normalized spacial score (nSPS) is 10.9. The lowest BCUT2D eigenvalue weighted by atomic mass is 10.1. The number of carbonyl (C=O) groups is 1. The van der Waals surface area contributed by atoms with Crippen LogP contribution in [-0.2, 0) is 6.54 Å². The highest BCUT2D eigenvalue weighted by atomic mass is 19.1. The molecule has 0 amide bonds. The van der Waals surface area contributed by atoms with E-state index < -0.39 is 22.9 Å². The van der Waals surface area contributed by atoms with E-state index in [0.717, 1.165) is 0 Å². The van der Waals surface area contributed by atoms with Crippen molar-refractivity contribution < 1.29 is 14.3 Å². The zero-order valence-corrected chi connectivity index (χ0v) is 11.7. The van der Waals surface area contributed by atoms with E-state index in [9.17, 15) is 14.0 Å². The third-order valence-electron chi connectivity index (χ3n) is 2.88. The van der Waals surface area contributed by atoms with Crippen LogP contribution in [-0.4, -0.2) is 20.9 Å². The van der Waals surface area contributed by atoms with Gasteiger partial charge in [-0.15, -0.1) is 0 Å². The predicted molar refractivity (Wildman–Crippen MR) is 75.7 cm³/mol. The molecule has 0 unspecified atom stereocenters. The summed E-state index contributed by atoms with van der Waals surface area (Å²) in [6.07, 6.45) is 1.50. The Hall–Kier alpha value is -2.50. The van der Waals surface area contributed by atoms with Crippen LogP contribution in [0, 0.1) is 11.7 Å². The molecule has 1 N–H and O–H groups in total. The quantitative estimate of drug-likeness (QED) is 0.938. The number of hydrogen-bond donors (Lipinski definition) is 1. The highest BCUT2D eigenvalue weighted by Crippen LogP contribution is 2.16. The molecule has 0 spiro atoms. The number of carboxylic acids is 1. The van der Waals surface area contributed by atoms with Gasteiger partial charge in [0.25, 0.3) is 0 Å². The van der Waals surface area contributed by atoms with Crippen LogP contribution in [0.2, 0.25) is 0 Å². The zero-order chi connectivity index (χ0) is 15.6. The van der Waals surface area contributed by atoms with Crippen LogP contribution in [0.25, 0.3) is 11.1 Å². The minimum absolute atomic E-state index is 0.197. The summed E-state index contributed by atoms with van der Waals surface area (Å²) in [4.78, 5) is 23.3. The minimum atomic E-state index is -1.37. The number of carboxylic acid groups (broad SMARTS) is 1. The number of aromatic carboxylic acids is 1. The van der Waals surface area contributed by atoms with Crippen molar-refractivity contribution in [2.24, 2.45) is 5.92 Å². The first kappa shape index (κ1) is 14.9. The molecule has 0 fully saturated rings. The molecule has 2 aromatic rings. The standard InChI is InChI=1S/C15H15FN2O3/c1-9(2)7-18-8-12(10-3-5-11(16)6-4-10)14(19)13(17-18)15(20)21/h3-6,8-9H,7H2,1-2H3,(H,20,21). The van der Waals surface area contributed by atoms with Gasteiger partial charge < -0.3 is 5.11 Å². The van der Waals surface area contributed by atoms with Crippen molar-refractivity contribution in [2.75, 3.05) is 0 Å².